The van der Waals surface area contributed by atoms with Gasteiger partial charge in [-0.1, -0.05) is 12.8 Å². The van der Waals surface area contributed by atoms with Crippen molar-refractivity contribution < 1.29 is 9.59 Å². The second-order valence-corrected chi connectivity index (χ2v) is 9.78. The molecule has 1 aliphatic carbocycles. The van der Waals surface area contributed by atoms with Crippen LogP contribution in [0.5, 0.6) is 0 Å². The molecule has 2 aromatic heterocycles. The van der Waals surface area contributed by atoms with Gasteiger partial charge >= 0.3 is 0 Å². The number of aromatic nitrogens is 1. The van der Waals surface area contributed by atoms with E-state index < -0.39 is 0 Å². The molecule has 0 bridgehead atoms. The Morgan fingerprint density at radius 2 is 1.93 bits per heavy atom. The zero-order valence-corrected chi connectivity index (χ0v) is 17.5. The molecule has 5 rings (SSSR count). The van der Waals surface area contributed by atoms with Crippen molar-refractivity contribution in [3.63, 3.8) is 0 Å². The summed E-state index contributed by atoms with van der Waals surface area (Å²) < 4.78 is 0. The standard InChI is InChI=1S/C21H25N3O2S2/c25-20(14-3-1-2-4-14)24-10-16(15-6-8-27-11-15)17-9-23(7-5-19(17)24)21(26)18-12-28-13-22-18/h6,8,11-14,16-17,19H,1-5,7,9-10H2/t16-,17-,19-/m0/s1. The van der Waals surface area contributed by atoms with Crippen LogP contribution >= 0.6 is 22.7 Å². The zero-order chi connectivity index (χ0) is 19.1. The highest BCUT2D eigenvalue weighted by Crippen LogP contribution is 2.43. The number of carbonyl (C=O) groups is 2. The Bertz CT molecular complexity index is 830. The van der Waals surface area contributed by atoms with Crippen LogP contribution in [-0.2, 0) is 4.79 Å². The highest BCUT2D eigenvalue weighted by molar-refractivity contribution is 7.08. The van der Waals surface area contributed by atoms with E-state index in [0.29, 0.717) is 30.0 Å². The van der Waals surface area contributed by atoms with E-state index in [4.69, 9.17) is 0 Å². The summed E-state index contributed by atoms with van der Waals surface area (Å²) in [6, 6.07) is 2.45. The molecular weight excluding hydrogens is 390 g/mol. The summed E-state index contributed by atoms with van der Waals surface area (Å²) in [7, 11) is 0. The molecule has 3 fully saturated rings. The predicted molar refractivity (Wildman–Crippen MR) is 111 cm³/mol. The number of piperidine rings is 1. The van der Waals surface area contributed by atoms with E-state index in [-0.39, 0.29) is 17.9 Å². The highest BCUT2D eigenvalue weighted by Gasteiger charge is 2.49. The van der Waals surface area contributed by atoms with E-state index >= 15 is 0 Å². The first-order chi connectivity index (χ1) is 13.7. The number of likely N-dealkylation sites (tertiary alicyclic amines) is 2. The van der Waals surface area contributed by atoms with Crippen molar-refractivity contribution in [2.45, 2.75) is 44.1 Å². The minimum absolute atomic E-state index is 0.0318. The molecule has 0 aromatic carbocycles. The molecule has 0 spiro atoms. The molecule has 3 atom stereocenters. The number of thiazole rings is 1. The topological polar surface area (TPSA) is 53.5 Å². The molecule has 2 aromatic rings. The average molecular weight is 416 g/mol. The maximum absolute atomic E-state index is 13.3. The van der Waals surface area contributed by atoms with Gasteiger partial charge in [0.15, 0.2) is 0 Å². The van der Waals surface area contributed by atoms with Crippen LogP contribution in [-0.4, -0.2) is 52.3 Å². The Balaban J connectivity index is 1.39. The smallest absolute Gasteiger partial charge is 0.273 e. The van der Waals surface area contributed by atoms with Gasteiger partial charge < -0.3 is 9.80 Å². The Labute approximate surface area is 173 Å². The number of carbonyl (C=O) groups excluding carboxylic acids is 2. The van der Waals surface area contributed by atoms with E-state index in [1.807, 2.05) is 10.3 Å². The fourth-order valence-electron chi connectivity index (χ4n) is 5.40. The summed E-state index contributed by atoms with van der Waals surface area (Å²) in [5.41, 5.74) is 3.59. The Hall–Kier alpha value is -1.73. The molecular formula is C21H25N3O2S2. The average Bonchev–Trinajstić information content (AvgIpc) is 3.52. The lowest BCUT2D eigenvalue weighted by atomic mass is 9.82. The number of fused-ring (bicyclic) bond motifs is 1. The van der Waals surface area contributed by atoms with Crippen molar-refractivity contribution in [2.75, 3.05) is 19.6 Å². The van der Waals surface area contributed by atoms with Gasteiger partial charge in [0.25, 0.3) is 5.91 Å². The van der Waals surface area contributed by atoms with Crippen LogP contribution in [0.4, 0.5) is 0 Å². The number of rotatable bonds is 3. The summed E-state index contributed by atoms with van der Waals surface area (Å²) in [6.45, 7) is 2.23. The Kier molecular flexibility index (Phi) is 4.97. The number of nitrogens with zero attached hydrogens (tertiary/aromatic N) is 3. The summed E-state index contributed by atoms with van der Waals surface area (Å²) in [6.07, 6.45) is 5.33. The molecule has 0 N–H and O–H groups in total. The number of thiophene rings is 1. The van der Waals surface area contributed by atoms with Gasteiger partial charge in [-0.2, -0.15) is 11.3 Å². The zero-order valence-electron chi connectivity index (χ0n) is 15.8. The van der Waals surface area contributed by atoms with Gasteiger partial charge in [0, 0.05) is 48.8 Å². The van der Waals surface area contributed by atoms with E-state index in [0.717, 1.165) is 32.4 Å². The van der Waals surface area contributed by atoms with Crippen LogP contribution in [0.3, 0.4) is 0 Å². The van der Waals surface area contributed by atoms with Crippen molar-refractivity contribution in [1.82, 2.24) is 14.8 Å². The lowest BCUT2D eigenvalue weighted by Gasteiger charge is -2.39. The van der Waals surface area contributed by atoms with Gasteiger partial charge in [-0.15, -0.1) is 11.3 Å². The number of hydrogen-bond acceptors (Lipinski definition) is 5. The van der Waals surface area contributed by atoms with Crippen molar-refractivity contribution in [3.8, 4) is 0 Å². The molecule has 2 amide bonds. The minimum atomic E-state index is 0.0318. The molecule has 28 heavy (non-hydrogen) atoms. The molecule has 0 unspecified atom stereocenters. The highest BCUT2D eigenvalue weighted by atomic mass is 32.1. The molecule has 2 saturated heterocycles. The normalized spacial score (nSPS) is 27.9. The van der Waals surface area contributed by atoms with E-state index in [2.05, 4.69) is 26.7 Å². The summed E-state index contributed by atoms with van der Waals surface area (Å²) in [5, 5.41) is 6.16. The number of amides is 2. The van der Waals surface area contributed by atoms with Crippen LogP contribution in [0.1, 0.15) is 54.1 Å². The molecule has 5 nitrogen and oxygen atoms in total. The Morgan fingerprint density at radius 3 is 2.64 bits per heavy atom. The largest absolute Gasteiger partial charge is 0.338 e. The van der Waals surface area contributed by atoms with Gasteiger partial charge in [0.1, 0.15) is 5.69 Å². The first-order valence-electron chi connectivity index (χ1n) is 10.2. The van der Waals surface area contributed by atoms with Gasteiger partial charge in [-0.25, -0.2) is 4.98 Å². The third-order valence-corrected chi connectivity index (χ3v) is 8.12. The van der Waals surface area contributed by atoms with Crippen molar-refractivity contribution in [3.05, 3.63) is 39.0 Å². The molecule has 2 aliphatic heterocycles. The Morgan fingerprint density at radius 1 is 1.07 bits per heavy atom. The van der Waals surface area contributed by atoms with Crippen LogP contribution in [0.15, 0.2) is 27.7 Å². The van der Waals surface area contributed by atoms with Gasteiger partial charge in [0.2, 0.25) is 5.91 Å². The summed E-state index contributed by atoms with van der Waals surface area (Å²) in [5.74, 6) is 1.26. The lowest BCUT2D eigenvalue weighted by Crippen LogP contribution is -2.50. The van der Waals surface area contributed by atoms with E-state index in [9.17, 15) is 9.59 Å². The fraction of sp³-hybridized carbons (Fsp3) is 0.571. The molecule has 4 heterocycles. The molecule has 0 radical (unpaired) electrons. The van der Waals surface area contributed by atoms with Crippen LogP contribution in [0.2, 0.25) is 0 Å². The SMILES string of the molecule is O=C(c1cscn1)N1CC[C@H]2[C@@H](C1)[C@H](c1ccsc1)CN2C(=O)C1CCCC1. The monoisotopic (exact) mass is 415 g/mol. The minimum Gasteiger partial charge on any atom is -0.338 e. The maximum atomic E-state index is 13.3. The molecule has 1 saturated carbocycles. The van der Waals surface area contributed by atoms with Gasteiger partial charge in [-0.3, -0.25) is 9.59 Å². The summed E-state index contributed by atoms with van der Waals surface area (Å²) in [4.78, 5) is 34.5. The van der Waals surface area contributed by atoms with Gasteiger partial charge in [0.05, 0.1) is 5.51 Å². The number of hydrogen-bond donors (Lipinski definition) is 0. The first kappa shape index (κ1) is 18.3. The third-order valence-electron chi connectivity index (χ3n) is 6.83. The lowest BCUT2D eigenvalue weighted by molar-refractivity contribution is -0.137. The van der Waals surface area contributed by atoms with E-state index in [1.54, 1.807) is 16.8 Å². The van der Waals surface area contributed by atoms with Crippen LogP contribution in [0.25, 0.3) is 0 Å². The molecule has 148 valence electrons. The predicted octanol–water partition coefficient (Wildman–Crippen LogP) is 3.85. The second kappa shape index (κ2) is 7.59. The molecule has 7 heteroatoms. The van der Waals surface area contributed by atoms with Crippen LogP contribution in [0, 0.1) is 11.8 Å². The van der Waals surface area contributed by atoms with Crippen LogP contribution < -0.4 is 0 Å². The van der Waals surface area contributed by atoms with E-state index in [1.165, 1.54) is 29.7 Å². The van der Waals surface area contributed by atoms with Crippen molar-refractivity contribution >= 4 is 34.5 Å². The first-order valence-corrected chi connectivity index (χ1v) is 12.1. The van der Waals surface area contributed by atoms with Crippen molar-refractivity contribution in [2.24, 2.45) is 11.8 Å². The second-order valence-electron chi connectivity index (χ2n) is 8.28. The van der Waals surface area contributed by atoms with Gasteiger partial charge in [-0.05, 0) is 41.7 Å². The maximum Gasteiger partial charge on any atom is 0.273 e. The fourth-order valence-corrected chi connectivity index (χ4v) is 6.65. The van der Waals surface area contributed by atoms with Crippen molar-refractivity contribution in [1.29, 1.82) is 0 Å². The third kappa shape index (κ3) is 3.18. The summed E-state index contributed by atoms with van der Waals surface area (Å²) >= 11 is 3.17. The quantitative estimate of drug-likeness (QED) is 0.765. The molecule has 3 aliphatic rings.